The molecule has 2 unspecified atom stereocenters. The Kier molecular flexibility index (Phi) is 10.1. The largest absolute Gasteiger partial charge is 0.326 e. The Morgan fingerprint density at radius 3 is 1.43 bits per heavy atom. The van der Waals surface area contributed by atoms with Crippen molar-refractivity contribution >= 4 is 16.5 Å². The molecule has 0 aromatic carbocycles. The summed E-state index contributed by atoms with van der Waals surface area (Å²) in [6.07, 6.45) is 3.13. The number of hydrogen-bond acceptors (Lipinski definition) is 4. The van der Waals surface area contributed by atoms with E-state index in [2.05, 4.69) is 9.05 Å². The third-order valence-electron chi connectivity index (χ3n) is 1.49. The summed E-state index contributed by atoms with van der Waals surface area (Å²) in [6, 6.07) is 0. The van der Waals surface area contributed by atoms with E-state index in [1.807, 2.05) is 0 Å². The molecule has 0 aromatic heterocycles. The molecule has 0 saturated heterocycles. The van der Waals surface area contributed by atoms with Crippen molar-refractivity contribution in [3.05, 3.63) is 0 Å². The molecule has 0 amide bonds. The summed E-state index contributed by atoms with van der Waals surface area (Å²) in [4.78, 5) is 16.6. The zero-order chi connectivity index (χ0) is 10.8. The predicted octanol–water partition coefficient (Wildman–Crippen LogP) is 1.34. The first kappa shape index (κ1) is 14.3. The highest BCUT2D eigenvalue weighted by atomic mass is 31.1. The maximum absolute atomic E-state index is 10.1. The van der Waals surface area contributed by atoms with Crippen LogP contribution >= 0.6 is 16.5 Å². The van der Waals surface area contributed by atoms with Gasteiger partial charge in [0, 0.05) is 0 Å². The second-order valence-electron chi connectivity index (χ2n) is 2.64. The highest BCUT2D eigenvalue weighted by molar-refractivity contribution is 7.32. The highest BCUT2D eigenvalue weighted by Crippen LogP contribution is 2.17. The van der Waals surface area contributed by atoms with Crippen LogP contribution in [0.25, 0.3) is 0 Å². The number of unbranched alkanes of at least 4 members (excludes halogenated alkanes) is 3. The topological polar surface area (TPSA) is 93.1 Å². The Hall–Kier alpha value is 0.300. The van der Waals surface area contributed by atoms with Crippen molar-refractivity contribution in [2.75, 3.05) is 13.2 Å². The van der Waals surface area contributed by atoms with Gasteiger partial charge < -0.3 is 18.8 Å². The number of hydrogen-bond donors (Lipinski definition) is 2. The molecule has 0 aliphatic rings. The smallest absolute Gasteiger partial charge is 0.316 e. The number of rotatable bonds is 9. The monoisotopic (exact) mass is 246 g/mol. The molecule has 0 aliphatic heterocycles. The van der Waals surface area contributed by atoms with Crippen LogP contribution in [0.3, 0.4) is 0 Å². The standard InChI is InChI=1S/C6H16O6P2/c7-13(8)11-5-3-1-2-4-6-12-14(9)10/h13-14H,1-6H2,(H,7,8)(H,9,10). The first-order valence-electron chi connectivity index (χ1n) is 4.34. The summed E-state index contributed by atoms with van der Waals surface area (Å²) in [7, 11) is -5.58. The van der Waals surface area contributed by atoms with Gasteiger partial charge >= 0.3 is 16.5 Å². The third kappa shape index (κ3) is 12.3. The van der Waals surface area contributed by atoms with Gasteiger partial charge in [-0.25, -0.2) is 0 Å². The summed E-state index contributed by atoms with van der Waals surface area (Å²) in [5, 5.41) is 0. The van der Waals surface area contributed by atoms with Crippen molar-refractivity contribution in [2.24, 2.45) is 0 Å². The van der Waals surface area contributed by atoms with E-state index >= 15 is 0 Å². The lowest BCUT2D eigenvalue weighted by atomic mass is 10.2. The fourth-order valence-electron chi connectivity index (χ4n) is 0.877. The van der Waals surface area contributed by atoms with E-state index in [1.54, 1.807) is 0 Å². The average Bonchev–Trinajstić information content (AvgIpc) is 2.08. The quantitative estimate of drug-likeness (QED) is 0.471. The molecule has 0 aromatic rings. The van der Waals surface area contributed by atoms with Crippen LogP contribution in [0.15, 0.2) is 0 Å². The summed E-state index contributed by atoms with van der Waals surface area (Å²) < 4.78 is 29.1. The van der Waals surface area contributed by atoms with Gasteiger partial charge in [-0.3, -0.25) is 9.13 Å². The van der Waals surface area contributed by atoms with E-state index in [0.29, 0.717) is 12.8 Å². The molecule has 8 heteroatoms. The van der Waals surface area contributed by atoms with E-state index in [0.717, 1.165) is 12.8 Å². The van der Waals surface area contributed by atoms with Gasteiger partial charge in [0.2, 0.25) is 0 Å². The lowest BCUT2D eigenvalue weighted by Gasteiger charge is -2.01. The van der Waals surface area contributed by atoms with Crippen LogP contribution in [-0.2, 0) is 18.2 Å². The Morgan fingerprint density at radius 2 is 1.14 bits per heavy atom. The Morgan fingerprint density at radius 1 is 0.786 bits per heavy atom. The third-order valence-corrected chi connectivity index (χ3v) is 2.39. The fourth-order valence-corrected chi connectivity index (χ4v) is 1.51. The molecular formula is C6H16O6P2. The molecule has 0 saturated carbocycles. The minimum absolute atomic E-state index is 0.283. The summed E-state index contributed by atoms with van der Waals surface area (Å²) >= 11 is 0. The van der Waals surface area contributed by atoms with Crippen molar-refractivity contribution in [1.29, 1.82) is 0 Å². The SMILES string of the molecule is O=[PH](O)OCCCCCCO[PH](=O)O. The van der Waals surface area contributed by atoms with Crippen molar-refractivity contribution in [1.82, 2.24) is 0 Å². The molecule has 14 heavy (non-hydrogen) atoms. The van der Waals surface area contributed by atoms with Crippen LogP contribution < -0.4 is 0 Å². The van der Waals surface area contributed by atoms with E-state index < -0.39 is 16.5 Å². The van der Waals surface area contributed by atoms with E-state index in [4.69, 9.17) is 9.79 Å². The molecular weight excluding hydrogens is 230 g/mol. The Labute approximate surface area is 84.1 Å². The molecule has 0 fully saturated rings. The van der Waals surface area contributed by atoms with Crippen LogP contribution in [0.2, 0.25) is 0 Å². The molecule has 2 atom stereocenters. The molecule has 0 aliphatic carbocycles. The fraction of sp³-hybridized carbons (Fsp3) is 1.00. The summed E-state index contributed by atoms with van der Waals surface area (Å²) in [5.74, 6) is 0. The molecule has 6 nitrogen and oxygen atoms in total. The molecule has 0 radical (unpaired) electrons. The van der Waals surface area contributed by atoms with Gasteiger partial charge in [-0.05, 0) is 12.8 Å². The van der Waals surface area contributed by atoms with Crippen LogP contribution in [0.1, 0.15) is 25.7 Å². The summed E-state index contributed by atoms with van der Waals surface area (Å²) in [5.41, 5.74) is 0. The van der Waals surface area contributed by atoms with Crippen molar-refractivity contribution in [2.45, 2.75) is 25.7 Å². The molecule has 0 spiro atoms. The van der Waals surface area contributed by atoms with E-state index in [-0.39, 0.29) is 13.2 Å². The lowest BCUT2D eigenvalue weighted by Crippen LogP contribution is -1.90. The van der Waals surface area contributed by atoms with Gasteiger partial charge in [-0.2, -0.15) is 0 Å². The normalized spacial score (nSPS) is 15.3. The van der Waals surface area contributed by atoms with Gasteiger partial charge in [0.1, 0.15) is 0 Å². The maximum atomic E-state index is 10.1. The van der Waals surface area contributed by atoms with Gasteiger partial charge in [-0.1, -0.05) is 12.8 Å². The van der Waals surface area contributed by atoms with Gasteiger partial charge in [0.05, 0.1) is 13.2 Å². The Balaban J connectivity index is 2.99. The van der Waals surface area contributed by atoms with Gasteiger partial charge in [0.15, 0.2) is 0 Å². The minimum Gasteiger partial charge on any atom is -0.326 e. The maximum Gasteiger partial charge on any atom is 0.316 e. The predicted molar refractivity (Wildman–Crippen MR) is 52.8 cm³/mol. The Bertz CT molecular complexity index is 165. The minimum atomic E-state index is -2.79. The molecule has 0 bridgehead atoms. The zero-order valence-electron chi connectivity index (χ0n) is 7.77. The van der Waals surface area contributed by atoms with Crippen LogP contribution in [0.4, 0.5) is 0 Å². The second kappa shape index (κ2) is 9.84. The molecule has 86 valence electrons. The first-order chi connectivity index (χ1) is 6.63. The van der Waals surface area contributed by atoms with Crippen LogP contribution in [0.5, 0.6) is 0 Å². The summed E-state index contributed by atoms with van der Waals surface area (Å²) in [6.45, 7) is 0.567. The average molecular weight is 246 g/mol. The van der Waals surface area contributed by atoms with Crippen molar-refractivity contribution in [3.63, 3.8) is 0 Å². The van der Waals surface area contributed by atoms with Crippen molar-refractivity contribution in [3.8, 4) is 0 Å². The molecule has 0 heterocycles. The highest BCUT2D eigenvalue weighted by Gasteiger charge is 1.95. The van der Waals surface area contributed by atoms with E-state index in [1.165, 1.54) is 0 Å². The first-order valence-corrected chi connectivity index (χ1v) is 6.87. The van der Waals surface area contributed by atoms with Crippen LogP contribution in [-0.4, -0.2) is 23.0 Å². The molecule has 2 N–H and O–H groups in total. The second-order valence-corrected chi connectivity index (χ2v) is 4.28. The van der Waals surface area contributed by atoms with Crippen molar-refractivity contribution < 1.29 is 28.0 Å². The zero-order valence-corrected chi connectivity index (χ0v) is 9.77. The van der Waals surface area contributed by atoms with Gasteiger partial charge in [-0.15, -0.1) is 0 Å². The van der Waals surface area contributed by atoms with Crippen LogP contribution in [0, 0.1) is 0 Å². The molecule has 0 rings (SSSR count). The van der Waals surface area contributed by atoms with E-state index in [9.17, 15) is 9.13 Å². The lowest BCUT2D eigenvalue weighted by molar-refractivity contribution is 0.260. The van der Waals surface area contributed by atoms with Gasteiger partial charge in [0.25, 0.3) is 0 Å².